The molecular formula is C11H8O3. The highest BCUT2D eigenvalue weighted by atomic mass is 16.3. The van der Waals surface area contributed by atoms with E-state index in [0.717, 1.165) is 0 Å². The summed E-state index contributed by atoms with van der Waals surface area (Å²) in [5.74, 6) is 0.0636. The Balaban J connectivity index is 2.90. The van der Waals surface area contributed by atoms with E-state index in [1.807, 2.05) is 6.08 Å². The fourth-order valence-electron chi connectivity index (χ4n) is 1.34. The second-order valence-electron chi connectivity index (χ2n) is 2.94. The van der Waals surface area contributed by atoms with Crippen LogP contribution in [0.1, 0.15) is 17.0 Å². The van der Waals surface area contributed by atoms with E-state index >= 15 is 0 Å². The molecule has 70 valence electrons. The molecule has 0 spiro atoms. The molecule has 0 aliphatic heterocycles. The Kier molecular flexibility index (Phi) is 2.14. The molecule has 0 aromatic carbocycles. The summed E-state index contributed by atoms with van der Waals surface area (Å²) in [6.45, 7) is 0. The van der Waals surface area contributed by atoms with E-state index in [1.165, 1.54) is 6.07 Å². The summed E-state index contributed by atoms with van der Waals surface area (Å²) in [6.07, 6.45) is 8.43. The fourth-order valence-corrected chi connectivity index (χ4v) is 1.34. The van der Waals surface area contributed by atoms with Crippen molar-refractivity contribution < 1.29 is 9.21 Å². The molecule has 0 unspecified atom stereocenters. The molecule has 1 aromatic rings. The molecule has 1 aliphatic carbocycles. The van der Waals surface area contributed by atoms with Crippen molar-refractivity contribution in [3.63, 3.8) is 0 Å². The minimum atomic E-state index is -0.173. The summed E-state index contributed by atoms with van der Waals surface area (Å²) in [5, 5.41) is 0.528. The highest BCUT2D eigenvalue weighted by Gasteiger charge is 1.99. The van der Waals surface area contributed by atoms with Gasteiger partial charge in [0.25, 0.3) is 0 Å². The van der Waals surface area contributed by atoms with Gasteiger partial charge in [0.15, 0.2) is 17.5 Å². The Morgan fingerprint density at radius 3 is 3.07 bits per heavy atom. The predicted molar refractivity (Wildman–Crippen MR) is 52.3 cm³/mol. The second-order valence-corrected chi connectivity index (χ2v) is 2.94. The van der Waals surface area contributed by atoms with Gasteiger partial charge in [0.1, 0.15) is 5.42 Å². The topological polar surface area (TPSA) is 47.3 Å². The molecule has 2 rings (SSSR count). The van der Waals surface area contributed by atoms with Crippen molar-refractivity contribution >= 4 is 18.4 Å². The van der Waals surface area contributed by atoms with Gasteiger partial charge in [-0.1, -0.05) is 18.2 Å². The van der Waals surface area contributed by atoms with Crippen LogP contribution >= 0.6 is 0 Å². The standard InChI is InChI=1S/C11H8O3/c12-7-8-6-10(13)9-4-2-1-3-5-11(9)14-8/h1,3-7H,2H2. The Labute approximate surface area is 79.7 Å². The summed E-state index contributed by atoms with van der Waals surface area (Å²) in [7, 11) is 0. The zero-order valence-corrected chi connectivity index (χ0v) is 7.40. The number of fused-ring (bicyclic) bond motifs is 1. The number of carbonyl (C=O) groups excluding carboxylic acids is 1. The molecule has 0 N–H and O–H groups in total. The van der Waals surface area contributed by atoms with Gasteiger partial charge >= 0.3 is 0 Å². The van der Waals surface area contributed by atoms with Crippen LogP contribution in [-0.4, -0.2) is 6.29 Å². The molecule has 0 fully saturated rings. The second kappa shape index (κ2) is 3.46. The number of rotatable bonds is 1. The van der Waals surface area contributed by atoms with Gasteiger partial charge < -0.3 is 4.42 Å². The molecule has 0 amide bonds. The number of aldehydes is 1. The van der Waals surface area contributed by atoms with Crippen molar-refractivity contribution in [2.24, 2.45) is 0 Å². The first-order chi connectivity index (χ1) is 6.81. The maximum absolute atomic E-state index is 11.5. The molecule has 1 aromatic heterocycles. The van der Waals surface area contributed by atoms with Gasteiger partial charge in [0.2, 0.25) is 0 Å². The van der Waals surface area contributed by atoms with Crippen molar-refractivity contribution in [3.05, 3.63) is 44.8 Å². The highest BCUT2D eigenvalue weighted by Crippen LogP contribution is 1.89. The van der Waals surface area contributed by atoms with E-state index in [2.05, 4.69) is 0 Å². The third kappa shape index (κ3) is 1.44. The minimum absolute atomic E-state index is 0.0636. The Morgan fingerprint density at radius 2 is 2.29 bits per heavy atom. The Hall–Kier alpha value is -1.90. The lowest BCUT2D eigenvalue weighted by Gasteiger charge is -1.90. The SMILES string of the molecule is O=Cc1cc(=O)c2c(o1)=CC=CCC=2. The molecule has 1 heterocycles. The first-order valence-corrected chi connectivity index (χ1v) is 4.27. The van der Waals surface area contributed by atoms with Gasteiger partial charge in [-0.05, 0) is 12.5 Å². The van der Waals surface area contributed by atoms with Gasteiger partial charge in [-0.3, -0.25) is 9.59 Å². The van der Waals surface area contributed by atoms with E-state index in [9.17, 15) is 9.59 Å². The quantitative estimate of drug-likeness (QED) is 0.581. The van der Waals surface area contributed by atoms with Crippen molar-refractivity contribution in [2.45, 2.75) is 6.42 Å². The first kappa shape index (κ1) is 8.69. The lowest BCUT2D eigenvalue weighted by atomic mass is 10.3. The van der Waals surface area contributed by atoms with Crippen LogP contribution < -0.4 is 16.1 Å². The van der Waals surface area contributed by atoms with Crippen molar-refractivity contribution in [1.29, 1.82) is 0 Å². The number of hydrogen-bond acceptors (Lipinski definition) is 3. The molecule has 3 heteroatoms. The largest absolute Gasteiger partial charge is 0.453 e. The number of allylic oxidation sites excluding steroid dienone is 2. The van der Waals surface area contributed by atoms with Gasteiger partial charge in [-0.15, -0.1) is 0 Å². The molecule has 3 nitrogen and oxygen atoms in total. The summed E-state index contributed by atoms with van der Waals surface area (Å²) in [6, 6.07) is 1.21. The van der Waals surface area contributed by atoms with E-state index in [0.29, 0.717) is 23.3 Å². The molecule has 0 bridgehead atoms. The summed E-state index contributed by atoms with van der Waals surface area (Å²) < 4.78 is 5.20. The summed E-state index contributed by atoms with van der Waals surface area (Å²) >= 11 is 0. The number of hydrogen-bond donors (Lipinski definition) is 0. The highest BCUT2D eigenvalue weighted by molar-refractivity contribution is 5.70. The number of carbonyl (C=O) groups is 1. The van der Waals surface area contributed by atoms with Crippen LogP contribution in [0.25, 0.3) is 12.2 Å². The Bertz CT molecular complexity index is 561. The zero-order chi connectivity index (χ0) is 9.97. The van der Waals surface area contributed by atoms with Crippen LogP contribution in [0.2, 0.25) is 0 Å². The molecule has 1 aliphatic rings. The molecule has 0 saturated carbocycles. The minimum Gasteiger partial charge on any atom is -0.453 e. The van der Waals surface area contributed by atoms with Crippen LogP contribution in [0.3, 0.4) is 0 Å². The maximum Gasteiger partial charge on any atom is 0.193 e. The molecule has 14 heavy (non-hydrogen) atoms. The van der Waals surface area contributed by atoms with Crippen molar-refractivity contribution in [1.82, 2.24) is 0 Å². The molecule has 0 saturated heterocycles. The van der Waals surface area contributed by atoms with E-state index < -0.39 is 0 Å². The Morgan fingerprint density at radius 1 is 1.43 bits per heavy atom. The lowest BCUT2D eigenvalue weighted by molar-refractivity contribution is 0.109. The van der Waals surface area contributed by atoms with Crippen molar-refractivity contribution in [3.8, 4) is 0 Å². The van der Waals surface area contributed by atoms with Crippen LogP contribution in [0.4, 0.5) is 0 Å². The van der Waals surface area contributed by atoms with Crippen LogP contribution in [-0.2, 0) is 0 Å². The van der Waals surface area contributed by atoms with Crippen LogP contribution in [0.5, 0.6) is 0 Å². The normalized spacial score (nSPS) is 13.4. The molecular weight excluding hydrogens is 180 g/mol. The lowest BCUT2D eigenvalue weighted by Crippen LogP contribution is -2.38. The molecule has 0 radical (unpaired) electrons. The van der Waals surface area contributed by atoms with E-state index in [-0.39, 0.29) is 11.2 Å². The summed E-state index contributed by atoms with van der Waals surface area (Å²) in [4.78, 5) is 22.0. The average molecular weight is 188 g/mol. The smallest absolute Gasteiger partial charge is 0.193 e. The van der Waals surface area contributed by atoms with Crippen LogP contribution in [0.15, 0.2) is 27.4 Å². The van der Waals surface area contributed by atoms with Crippen molar-refractivity contribution in [2.75, 3.05) is 0 Å². The molecule has 0 atom stereocenters. The van der Waals surface area contributed by atoms with Gasteiger partial charge in [0.05, 0.1) is 5.22 Å². The third-order valence-corrected chi connectivity index (χ3v) is 1.99. The average Bonchev–Trinajstić information content (AvgIpc) is 2.42. The van der Waals surface area contributed by atoms with E-state index in [4.69, 9.17) is 4.42 Å². The maximum atomic E-state index is 11.5. The fraction of sp³-hybridized carbons (Fsp3) is 0.0909. The summed E-state index contributed by atoms with van der Waals surface area (Å²) in [5.41, 5.74) is 0.279. The van der Waals surface area contributed by atoms with Gasteiger partial charge in [0, 0.05) is 6.07 Å². The van der Waals surface area contributed by atoms with Gasteiger partial charge in [-0.2, -0.15) is 0 Å². The monoisotopic (exact) mass is 188 g/mol. The first-order valence-electron chi connectivity index (χ1n) is 4.27. The van der Waals surface area contributed by atoms with Crippen LogP contribution in [0, 0.1) is 0 Å². The van der Waals surface area contributed by atoms with Gasteiger partial charge in [-0.25, -0.2) is 0 Å². The van der Waals surface area contributed by atoms with E-state index in [1.54, 1.807) is 18.2 Å². The third-order valence-electron chi connectivity index (χ3n) is 1.99. The predicted octanol–water partition coefficient (Wildman–Crippen LogP) is -0.0268. The zero-order valence-electron chi connectivity index (χ0n) is 7.40.